The molecular weight excluding hydrogens is 310 g/mol. The molecule has 1 atom stereocenters. The summed E-state index contributed by atoms with van der Waals surface area (Å²) in [5, 5.41) is 3.17. The van der Waals surface area contributed by atoms with Gasteiger partial charge in [0.25, 0.3) is 0 Å². The minimum Gasteiger partial charge on any atom is -0.309 e. The van der Waals surface area contributed by atoms with Crippen LogP contribution in [-0.2, 0) is 6.54 Å². The predicted molar refractivity (Wildman–Crippen MR) is 98.6 cm³/mol. The van der Waals surface area contributed by atoms with E-state index in [1.807, 2.05) is 30.5 Å². The van der Waals surface area contributed by atoms with Gasteiger partial charge in [-0.3, -0.25) is 4.90 Å². The second kappa shape index (κ2) is 7.40. The molecule has 1 saturated heterocycles. The van der Waals surface area contributed by atoms with Gasteiger partial charge < -0.3 is 5.32 Å². The first-order valence-corrected chi connectivity index (χ1v) is 8.64. The van der Waals surface area contributed by atoms with Crippen LogP contribution < -0.4 is 5.32 Å². The molecule has 4 rings (SSSR count). The van der Waals surface area contributed by atoms with Gasteiger partial charge in [-0.25, -0.2) is 15.0 Å². The molecule has 1 N–H and O–H groups in total. The fourth-order valence-electron chi connectivity index (χ4n) is 3.27. The van der Waals surface area contributed by atoms with Crippen molar-refractivity contribution in [1.82, 2.24) is 19.9 Å². The molecule has 126 valence electrons. The maximum absolute atomic E-state index is 4.70. The van der Waals surface area contributed by atoms with Gasteiger partial charge in [0, 0.05) is 31.4 Å². The van der Waals surface area contributed by atoms with E-state index < -0.39 is 0 Å². The highest BCUT2D eigenvalue weighted by Crippen LogP contribution is 2.27. The highest BCUT2D eigenvalue weighted by atomic mass is 15.2. The normalized spacial score (nSPS) is 17.5. The summed E-state index contributed by atoms with van der Waals surface area (Å²) in [7, 11) is 0. The number of benzene rings is 1. The van der Waals surface area contributed by atoms with Crippen molar-refractivity contribution >= 4 is 11.8 Å². The largest absolute Gasteiger partial charge is 0.309 e. The fraction of sp³-hybridized carbons (Fsp3) is 0.250. The monoisotopic (exact) mass is 331 g/mol. The summed E-state index contributed by atoms with van der Waals surface area (Å²) in [6, 6.07) is 18.4. The Morgan fingerprint density at radius 1 is 0.960 bits per heavy atom. The average molecular weight is 331 g/mol. The van der Waals surface area contributed by atoms with Gasteiger partial charge in [0.2, 0.25) is 5.95 Å². The fourth-order valence-corrected chi connectivity index (χ4v) is 3.27. The second-order valence-corrected chi connectivity index (χ2v) is 6.35. The quantitative estimate of drug-likeness (QED) is 0.774. The number of likely N-dealkylation sites (tertiary alicyclic amines) is 1. The molecule has 0 radical (unpaired) electrons. The van der Waals surface area contributed by atoms with Gasteiger partial charge in [-0.1, -0.05) is 36.4 Å². The molecule has 5 heteroatoms. The molecule has 0 unspecified atom stereocenters. The maximum atomic E-state index is 4.70. The molecular formula is C20H21N5. The lowest BCUT2D eigenvalue weighted by molar-refractivity contribution is 0.326. The third-order valence-electron chi connectivity index (χ3n) is 4.52. The molecule has 0 spiro atoms. The van der Waals surface area contributed by atoms with E-state index in [2.05, 4.69) is 50.5 Å². The molecule has 1 aliphatic rings. The van der Waals surface area contributed by atoms with Crippen LogP contribution >= 0.6 is 0 Å². The zero-order chi connectivity index (χ0) is 16.9. The Morgan fingerprint density at radius 2 is 1.84 bits per heavy atom. The van der Waals surface area contributed by atoms with Crippen molar-refractivity contribution in [3.05, 3.63) is 78.2 Å². The lowest BCUT2D eigenvalue weighted by Gasteiger charge is -2.16. The van der Waals surface area contributed by atoms with Gasteiger partial charge in [-0.05, 0) is 36.7 Å². The Labute approximate surface area is 147 Å². The predicted octanol–water partition coefficient (Wildman–Crippen LogP) is 3.60. The molecule has 3 heterocycles. The third-order valence-corrected chi connectivity index (χ3v) is 4.52. The number of nitrogens with one attached hydrogen (secondary N) is 1. The van der Waals surface area contributed by atoms with E-state index >= 15 is 0 Å². The zero-order valence-corrected chi connectivity index (χ0v) is 14.0. The van der Waals surface area contributed by atoms with Gasteiger partial charge >= 0.3 is 0 Å². The molecule has 1 fully saturated rings. The van der Waals surface area contributed by atoms with E-state index in [1.54, 1.807) is 6.20 Å². The van der Waals surface area contributed by atoms with Crippen LogP contribution in [0, 0.1) is 0 Å². The number of aromatic nitrogens is 3. The van der Waals surface area contributed by atoms with Gasteiger partial charge in [-0.2, -0.15) is 0 Å². The van der Waals surface area contributed by atoms with E-state index in [9.17, 15) is 0 Å². The summed E-state index contributed by atoms with van der Waals surface area (Å²) in [6.07, 6.45) is 4.71. The van der Waals surface area contributed by atoms with Crippen molar-refractivity contribution in [2.75, 3.05) is 18.4 Å². The molecule has 1 aliphatic heterocycles. The van der Waals surface area contributed by atoms with Crippen molar-refractivity contribution < 1.29 is 0 Å². The van der Waals surface area contributed by atoms with Gasteiger partial charge in [0.15, 0.2) is 0 Å². The van der Waals surface area contributed by atoms with Gasteiger partial charge in [0.05, 0.1) is 5.69 Å². The van der Waals surface area contributed by atoms with E-state index in [0.717, 1.165) is 37.6 Å². The third kappa shape index (κ3) is 4.00. The summed E-state index contributed by atoms with van der Waals surface area (Å²) < 4.78 is 0. The van der Waals surface area contributed by atoms with Crippen LogP contribution in [0.5, 0.6) is 0 Å². The molecule has 0 amide bonds. The first kappa shape index (κ1) is 15.7. The minimum absolute atomic E-state index is 0.455. The number of hydrogen-bond donors (Lipinski definition) is 1. The number of anilines is 2. The minimum atomic E-state index is 0.455. The van der Waals surface area contributed by atoms with E-state index in [-0.39, 0.29) is 0 Å². The lowest BCUT2D eigenvalue weighted by atomic mass is 10.1. The number of pyridine rings is 1. The standard InChI is InChI=1S/C20H21N5/c1-2-6-16(7-3-1)14-25-13-10-17(15-25)18-9-12-22-20(23-18)24-19-8-4-5-11-21-19/h1-9,11-12,17H,10,13-15H2,(H,21,22,23,24)/t17-/m0/s1. The Morgan fingerprint density at radius 3 is 2.68 bits per heavy atom. The Balaban J connectivity index is 1.41. The Hall–Kier alpha value is -2.79. The van der Waals surface area contributed by atoms with Crippen molar-refractivity contribution in [3.8, 4) is 0 Å². The highest BCUT2D eigenvalue weighted by Gasteiger charge is 2.25. The highest BCUT2D eigenvalue weighted by molar-refractivity contribution is 5.46. The summed E-state index contributed by atoms with van der Waals surface area (Å²) in [6.45, 7) is 3.14. The molecule has 0 saturated carbocycles. The van der Waals surface area contributed by atoms with Crippen LogP contribution in [0.2, 0.25) is 0 Å². The van der Waals surface area contributed by atoms with Crippen LogP contribution in [-0.4, -0.2) is 32.9 Å². The zero-order valence-electron chi connectivity index (χ0n) is 14.0. The number of hydrogen-bond acceptors (Lipinski definition) is 5. The molecule has 2 aromatic heterocycles. The Bertz CT molecular complexity index is 807. The number of rotatable bonds is 5. The average Bonchev–Trinajstić information content (AvgIpc) is 3.12. The molecule has 3 aromatic rings. The first-order valence-electron chi connectivity index (χ1n) is 8.64. The summed E-state index contributed by atoms with van der Waals surface area (Å²) in [5.74, 6) is 1.82. The van der Waals surface area contributed by atoms with E-state index in [0.29, 0.717) is 11.9 Å². The molecule has 5 nitrogen and oxygen atoms in total. The summed E-state index contributed by atoms with van der Waals surface area (Å²) >= 11 is 0. The van der Waals surface area contributed by atoms with E-state index in [4.69, 9.17) is 4.98 Å². The smallest absolute Gasteiger partial charge is 0.228 e. The topological polar surface area (TPSA) is 53.9 Å². The molecule has 0 aliphatic carbocycles. The summed E-state index contributed by atoms with van der Waals surface area (Å²) in [5.41, 5.74) is 2.47. The maximum Gasteiger partial charge on any atom is 0.228 e. The summed E-state index contributed by atoms with van der Waals surface area (Å²) in [4.78, 5) is 15.8. The molecule has 0 bridgehead atoms. The van der Waals surface area contributed by atoms with Crippen LogP contribution in [0.1, 0.15) is 23.6 Å². The van der Waals surface area contributed by atoms with Crippen molar-refractivity contribution in [2.24, 2.45) is 0 Å². The first-order chi connectivity index (χ1) is 12.4. The van der Waals surface area contributed by atoms with Crippen LogP contribution in [0.3, 0.4) is 0 Å². The van der Waals surface area contributed by atoms with Crippen molar-refractivity contribution in [1.29, 1.82) is 0 Å². The number of nitrogens with zero attached hydrogens (tertiary/aromatic N) is 4. The lowest BCUT2D eigenvalue weighted by Crippen LogP contribution is -2.20. The van der Waals surface area contributed by atoms with Gasteiger partial charge in [-0.15, -0.1) is 0 Å². The van der Waals surface area contributed by atoms with Gasteiger partial charge in [0.1, 0.15) is 5.82 Å². The SMILES string of the molecule is c1ccc(CN2CC[C@H](c3ccnc(Nc4ccccn4)n3)C2)cc1. The van der Waals surface area contributed by atoms with E-state index in [1.165, 1.54) is 5.56 Å². The van der Waals surface area contributed by atoms with Crippen molar-refractivity contribution in [2.45, 2.75) is 18.9 Å². The second-order valence-electron chi connectivity index (χ2n) is 6.35. The van der Waals surface area contributed by atoms with Crippen LogP contribution in [0.25, 0.3) is 0 Å². The van der Waals surface area contributed by atoms with Crippen LogP contribution in [0.15, 0.2) is 67.0 Å². The van der Waals surface area contributed by atoms with Crippen molar-refractivity contribution in [3.63, 3.8) is 0 Å². The molecule has 1 aromatic carbocycles. The molecule has 25 heavy (non-hydrogen) atoms. The Kier molecular flexibility index (Phi) is 4.65. The van der Waals surface area contributed by atoms with Crippen LogP contribution in [0.4, 0.5) is 11.8 Å².